The van der Waals surface area contributed by atoms with Crippen LogP contribution >= 0.6 is 11.3 Å². The molecule has 0 saturated carbocycles. The highest BCUT2D eigenvalue weighted by Gasteiger charge is 2.19. The van der Waals surface area contributed by atoms with Gasteiger partial charge < -0.3 is 4.98 Å². The van der Waals surface area contributed by atoms with Crippen LogP contribution in [-0.4, -0.2) is 22.0 Å². The summed E-state index contributed by atoms with van der Waals surface area (Å²) in [5.74, 6) is -0.0786. The van der Waals surface area contributed by atoms with Crippen molar-refractivity contribution in [3.05, 3.63) is 27.9 Å². The Labute approximate surface area is 103 Å². The summed E-state index contributed by atoms with van der Waals surface area (Å²) in [5, 5.41) is 0.736. The molecular weight excluding hydrogens is 236 g/mol. The summed E-state index contributed by atoms with van der Waals surface area (Å²) in [6.07, 6.45) is 2.52. The first-order valence-electron chi connectivity index (χ1n) is 5.16. The third-order valence-corrected chi connectivity index (χ3v) is 3.53. The topological polar surface area (TPSA) is 62.8 Å². The lowest BCUT2D eigenvalue weighted by molar-refractivity contribution is 0.101. The fraction of sp³-hybridized carbons (Fsp3) is 0.250. The minimum absolute atomic E-state index is 0.0786. The molecule has 0 amide bonds. The zero-order chi connectivity index (χ0) is 12.6. The standard InChI is InChI=1S/C12H12N2O2S/c1-6-4-13-12(17-6)11-9(5-15)7(2)10(14-11)8(3)16/h4-5,14H,1-3H3. The summed E-state index contributed by atoms with van der Waals surface area (Å²) >= 11 is 1.49. The number of nitrogens with one attached hydrogen (secondary N) is 1. The summed E-state index contributed by atoms with van der Waals surface area (Å²) < 4.78 is 0. The number of aromatic nitrogens is 2. The molecule has 0 unspecified atom stereocenters. The number of aryl methyl sites for hydroxylation is 1. The molecule has 0 atom stereocenters. The average molecular weight is 248 g/mol. The van der Waals surface area contributed by atoms with Crippen LogP contribution in [0, 0.1) is 13.8 Å². The van der Waals surface area contributed by atoms with Crippen molar-refractivity contribution in [2.45, 2.75) is 20.8 Å². The van der Waals surface area contributed by atoms with Crippen LogP contribution in [0.25, 0.3) is 10.7 Å². The normalized spacial score (nSPS) is 10.5. The maximum absolute atomic E-state index is 11.4. The van der Waals surface area contributed by atoms with Gasteiger partial charge >= 0.3 is 0 Å². The Morgan fingerprint density at radius 2 is 2.18 bits per heavy atom. The van der Waals surface area contributed by atoms with Crippen LogP contribution in [0.5, 0.6) is 0 Å². The van der Waals surface area contributed by atoms with Crippen LogP contribution in [-0.2, 0) is 0 Å². The third-order valence-electron chi connectivity index (χ3n) is 2.60. The maximum Gasteiger partial charge on any atom is 0.176 e. The summed E-state index contributed by atoms with van der Waals surface area (Å²) in [5.41, 5.74) is 2.33. The van der Waals surface area contributed by atoms with Gasteiger partial charge in [0.05, 0.1) is 11.4 Å². The first-order valence-corrected chi connectivity index (χ1v) is 5.97. The number of ketones is 1. The molecule has 5 heteroatoms. The number of nitrogens with zero attached hydrogens (tertiary/aromatic N) is 1. The number of Topliss-reactive ketones (excluding diaryl/α,β-unsaturated/α-hetero) is 1. The van der Waals surface area contributed by atoms with Gasteiger partial charge in [0, 0.05) is 23.6 Å². The van der Waals surface area contributed by atoms with Crippen molar-refractivity contribution in [2.75, 3.05) is 0 Å². The van der Waals surface area contributed by atoms with E-state index in [1.54, 1.807) is 13.1 Å². The molecule has 0 aliphatic carbocycles. The number of aromatic amines is 1. The highest BCUT2D eigenvalue weighted by Crippen LogP contribution is 2.29. The minimum Gasteiger partial charge on any atom is -0.349 e. The number of thiazole rings is 1. The Balaban J connectivity index is 2.65. The van der Waals surface area contributed by atoms with Crippen LogP contribution in [0.1, 0.15) is 38.2 Å². The van der Waals surface area contributed by atoms with E-state index in [0.29, 0.717) is 22.5 Å². The highest BCUT2D eigenvalue weighted by molar-refractivity contribution is 7.14. The van der Waals surface area contributed by atoms with Crippen molar-refractivity contribution in [2.24, 2.45) is 0 Å². The van der Waals surface area contributed by atoms with Gasteiger partial charge in [-0.3, -0.25) is 9.59 Å². The van der Waals surface area contributed by atoms with Crippen molar-refractivity contribution < 1.29 is 9.59 Å². The predicted octanol–water partition coefficient (Wildman–Crippen LogP) is 2.77. The number of hydrogen-bond acceptors (Lipinski definition) is 4. The van der Waals surface area contributed by atoms with Crippen molar-refractivity contribution in [1.82, 2.24) is 9.97 Å². The van der Waals surface area contributed by atoms with Gasteiger partial charge in [0.2, 0.25) is 0 Å². The van der Waals surface area contributed by atoms with E-state index in [1.807, 2.05) is 6.92 Å². The van der Waals surface area contributed by atoms with Gasteiger partial charge in [-0.2, -0.15) is 0 Å². The van der Waals surface area contributed by atoms with E-state index >= 15 is 0 Å². The summed E-state index contributed by atoms with van der Waals surface area (Å²) in [6, 6.07) is 0. The number of carbonyl (C=O) groups excluding carboxylic acids is 2. The SMILES string of the molecule is CC(=O)c1[nH]c(-c2ncc(C)s2)c(C=O)c1C. The van der Waals surface area contributed by atoms with E-state index in [9.17, 15) is 9.59 Å². The molecule has 1 N–H and O–H groups in total. The van der Waals surface area contributed by atoms with Gasteiger partial charge in [-0.25, -0.2) is 4.98 Å². The minimum atomic E-state index is -0.0786. The number of rotatable bonds is 3. The van der Waals surface area contributed by atoms with Crippen LogP contribution < -0.4 is 0 Å². The smallest absolute Gasteiger partial charge is 0.176 e. The molecule has 4 nitrogen and oxygen atoms in total. The second-order valence-electron chi connectivity index (χ2n) is 3.86. The fourth-order valence-corrected chi connectivity index (χ4v) is 2.53. The largest absolute Gasteiger partial charge is 0.349 e. The molecule has 0 aliphatic rings. The summed E-state index contributed by atoms with van der Waals surface area (Å²) in [7, 11) is 0. The van der Waals surface area contributed by atoms with E-state index in [-0.39, 0.29) is 5.78 Å². The highest BCUT2D eigenvalue weighted by atomic mass is 32.1. The molecule has 2 heterocycles. The zero-order valence-corrected chi connectivity index (χ0v) is 10.6. The van der Waals surface area contributed by atoms with E-state index in [2.05, 4.69) is 9.97 Å². The average Bonchev–Trinajstić information content (AvgIpc) is 2.82. The van der Waals surface area contributed by atoms with Crippen LogP contribution in [0.4, 0.5) is 0 Å². The number of carbonyl (C=O) groups is 2. The first kappa shape index (κ1) is 11.7. The Kier molecular flexibility index (Phi) is 2.93. The molecule has 0 aliphatic heterocycles. The van der Waals surface area contributed by atoms with Crippen LogP contribution in [0.15, 0.2) is 6.20 Å². The lowest BCUT2D eigenvalue weighted by Crippen LogP contribution is -1.94. The molecular formula is C12H12N2O2S. The van der Waals surface area contributed by atoms with Crippen LogP contribution in [0.2, 0.25) is 0 Å². The lowest BCUT2D eigenvalue weighted by Gasteiger charge is -1.92. The lowest BCUT2D eigenvalue weighted by atomic mass is 10.1. The Morgan fingerprint density at radius 3 is 2.65 bits per heavy atom. The molecule has 0 saturated heterocycles. The molecule has 0 aromatic carbocycles. The number of H-pyrrole nitrogens is 1. The molecule has 0 fully saturated rings. The van der Waals surface area contributed by atoms with E-state index in [4.69, 9.17) is 0 Å². The number of hydrogen-bond donors (Lipinski definition) is 1. The van der Waals surface area contributed by atoms with Gasteiger partial charge in [0.1, 0.15) is 5.01 Å². The maximum atomic E-state index is 11.4. The molecule has 0 spiro atoms. The van der Waals surface area contributed by atoms with E-state index in [1.165, 1.54) is 18.3 Å². The molecule has 0 radical (unpaired) electrons. The first-order chi connectivity index (χ1) is 8.04. The van der Waals surface area contributed by atoms with E-state index < -0.39 is 0 Å². The van der Waals surface area contributed by atoms with Crippen molar-refractivity contribution in [3.63, 3.8) is 0 Å². The summed E-state index contributed by atoms with van der Waals surface area (Å²) in [6.45, 7) is 5.19. The zero-order valence-electron chi connectivity index (χ0n) is 9.83. The monoisotopic (exact) mass is 248 g/mol. The van der Waals surface area contributed by atoms with Crippen molar-refractivity contribution in [1.29, 1.82) is 0 Å². The second-order valence-corrected chi connectivity index (χ2v) is 5.10. The fourth-order valence-electron chi connectivity index (χ4n) is 1.75. The molecule has 2 aromatic rings. The quantitative estimate of drug-likeness (QED) is 0.671. The van der Waals surface area contributed by atoms with Gasteiger partial charge in [-0.1, -0.05) is 0 Å². The third kappa shape index (κ3) is 1.93. The molecule has 2 aromatic heterocycles. The van der Waals surface area contributed by atoms with Crippen LogP contribution in [0.3, 0.4) is 0 Å². The van der Waals surface area contributed by atoms with Crippen molar-refractivity contribution >= 4 is 23.4 Å². The van der Waals surface area contributed by atoms with Gasteiger partial charge in [0.25, 0.3) is 0 Å². The molecule has 2 rings (SSSR count). The van der Waals surface area contributed by atoms with Gasteiger partial charge in [0.15, 0.2) is 12.1 Å². The Bertz CT molecular complexity index is 596. The summed E-state index contributed by atoms with van der Waals surface area (Å²) in [4.78, 5) is 30.8. The van der Waals surface area contributed by atoms with Crippen molar-refractivity contribution in [3.8, 4) is 10.7 Å². The Hall–Kier alpha value is -1.75. The molecule has 0 bridgehead atoms. The molecule has 88 valence electrons. The van der Waals surface area contributed by atoms with Gasteiger partial charge in [-0.15, -0.1) is 11.3 Å². The molecule has 17 heavy (non-hydrogen) atoms. The van der Waals surface area contributed by atoms with Gasteiger partial charge in [-0.05, 0) is 19.4 Å². The second kappa shape index (κ2) is 4.25. The van der Waals surface area contributed by atoms with E-state index in [0.717, 1.165) is 16.2 Å². The Morgan fingerprint density at radius 1 is 1.47 bits per heavy atom. The predicted molar refractivity (Wildman–Crippen MR) is 66.8 cm³/mol. The number of aldehydes is 1.